The zero-order valence-electron chi connectivity index (χ0n) is 46.2. The summed E-state index contributed by atoms with van der Waals surface area (Å²) in [7, 11) is 0. The monoisotopic (exact) mass is 1010 g/mol. The fourth-order valence-corrected chi connectivity index (χ4v) is 8.77. The Morgan fingerprint density at radius 2 is 0.847 bits per heavy atom. The first-order chi connectivity index (χ1) is 35.4. The molecule has 1 saturated heterocycles. The molecule has 4 N–H and O–H groups in total. The Kier molecular flexibility index (Phi) is 49.8. The second-order valence-electron chi connectivity index (χ2n) is 20.1. The lowest BCUT2D eigenvalue weighted by molar-refractivity contribution is -0.305. The van der Waals surface area contributed by atoms with Crippen molar-refractivity contribution in [2.24, 2.45) is 0 Å². The van der Waals surface area contributed by atoms with Gasteiger partial charge < -0.3 is 39.4 Å². The summed E-state index contributed by atoms with van der Waals surface area (Å²) in [6, 6.07) is 0. The van der Waals surface area contributed by atoms with Crippen LogP contribution in [0.1, 0.15) is 245 Å². The van der Waals surface area contributed by atoms with E-state index >= 15 is 0 Å². The molecule has 1 rings (SSSR count). The third-order valence-electron chi connectivity index (χ3n) is 13.3. The van der Waals surface area contributed by atoms with Gasteiger partial charge in [0.05, 0.1) is 19.8 Å². The van der Waals surface area contributed by atoms with Crippen LogP contribution in [-0.4, -0.2) is 89.6 Å². The molecule has 0 bridgehead atoms. The molecule has 0 radical (unpaired) electrons. The van der Waals surface area contributed by atoms with Crippen LogP contribution in [0.5, 0.6) is 0 Å². The highest BCUT2D eigenvalue weighted by Gasteiger charge is 2.44. The van der Waals surface area contributed by atoms with E-state index in [1.165, 1.54) is 141 Å². The Labute approximate surface area is 441 Å². The smallest absolute Gasteiger partial charge is 0.306 e. The number of hydrogen-bond donors (Lipinski definition) is 4. The Morgan fingerprint density at radius 1 is 0.458 bits per heavy atom. The van der Waals surface area contributed by atoms with Gasteiger partial charge in [0.15, 0.2) is 6.29 Å². The molecule has 416 valence electrons. The lowest BCUT2D eigenvalue weighted by Crippen LogP contribution is -2.59. The number of hydrogen-bond acceptors (Lipinski definition) is 9. The lowest BCUT2D eigenvalue weighted by Gasteiger charge is -2.39. The minimum absolute atomic E-state index is 0.129. The molecule has 0 aromatic rings. The van der Waals surface area contributed by atoms with Crippen molar-refractivity contribution in [2.45, 2.75) is 282 Å². The normalized spacial score (nSPS) is 19.3. The van der Waals surface area contributed by atoms with Crippen LogP contribution in [0.2, 0.25) is 0 Å². The van der Waals surface area contributed by atoms with Crippen molar-refractivity contribution in [3.63, 3.8) is 0 Å². The van der Waals surface area contributed by atoms with Gasteiger partial charge in [-0.2, -0.15) is 0 Å². The summed E-state index contributed by atoms with van der Waals surface area (Å²) in [6.07, 6.45) is 66.4. The van der Waals surface area contributed by atoms with E-state index in [9.17, 15) is 25.2 Å². The average Bonchev–Trinajstić information content (AvgIpc) is 3.38. The van der Waals surface area contributed by atoms with Gasteiger partial charge in [0.2, 0.25) is 0 Å². The van der Waals surface area contributed by atoms with E-state index in [2.05, 4.69) is 98.9 Å². The number of carbonyl (C=O) groups excluding carboxylic acids is 1. The molecule has 1 heterocycles. The van der Waals surface area contributed by atoms with Gasteiger partial charge in [0.25, 0.3) is 0 Å². The van der Waals surface area contributed by atoms with Crippen LogP contribution < -0.4 is 0 Å². The van der Waals surface area contributed by atoms with Crippen molar-refractivity contribution < 1.29 is 44.2 Å². The number of aliphatic hydroxyl groups is 4. The lowest BCUT2D eigenvalue weighted by atomic mass is 9.99. The zero-order chi connectivity index (χ0) is 52.1. The van der Waals surface area contributed by atoms with E-state index in [4.69, 9.17) is 18.9 Å². The second kappa shape index (κ2) is 53.2. The number of allylic oxidation sites excluding steroid dienone is 14. The number of aliphatic hydroxyl groups excluding tert-OH is 4. The topological polar surface area (TPSA) is 135 Å². The van der Waals surface area contributed by atoms with Gasteiger partial charge >= 0.3 is 5.97 Å². The first-order valence-electron chi connectivity index (χ1n) is 29.7. The standard InChI is InChI=1S/C63H110O9/c1-3-5-7-9-11-13-15-17-19-21-23-25-27-29-30-32-34-36-38-40-42-44-46-48-50-52-59(65)71-57(56-70-63-62(68)61(67)60(66)58(54-64)72-63)55-69-53-51-49-47-45-43-41-39-37-35-33-31-28-26-24-22-20-18-16-14-12-10-8-6-4-2/h5,7,11,13,17,19,23,25,29-30,34,36,40,42,57-58,60-64,66-68H,3-4,6,8-10,12,14-16,18,20-22,24,26-28,31-33,35,37-39,41,43-56H2,1-2H3/b7-5-,13-11-,19-17-,25-23-,30-29-,36-34-,42-40-. The maximum absolute atomic E-state index is 12.9. The molecule has 9 nitrogen and oxygen atoms in total. The predicted octanol–water partition coefficient (Wildman–Crippen LogP) is 15.7. The fourth-order valence-electron chi connectivity index (χ4n) is 8.77. The van der Waals surface area contributed by atoms with Gasteiger partial charge in [-0.05, 0) is 70.6 Å². The van der Waals surface area contributed by atoms with Crippen molar-refractivity contribution in [1.82, 2.24) is 0 Å². The molecule has 6 atom stereocenters. The molecular formula is C63H110O9. The van der Waals surface area contributed by atoms with E-state index in [-0.39, 0.29) is 25.6 Å². The Bertz CT molecular complexity index is 1380. The summed E-state index contributed by atoms with van der Waals surface area (Å²) in [5, 5.41) is 40.4. The fraction of sp³-hybridized carbons (Fsp3) is 0.762. The van der Waals surface area contributed by atoms with Crippen LogP contribution >= 0.6 is 0 Å². The van der Waals surface area contributed by atoms with Gasteiger partial charge in [-0.3, -0.25) is 4.79 Å². The number of esters is 1. The highest BCUT2D eigenvalue weighted by molar-refractivity contribution is 5.69. The van der Waals surface area contributed by atoms with Crippen LogP contribution in [-0.2, 0) is 23.7 Å². The highest BCUT2D eigenvalue weighted by atomic mass is 16.7. The van der Waals surface area contributed by atoms with Crippen molar-refractivity contribution in [1.29, 1.82) is 0 Å². The molecule has 0 aromatic heterocycles. The number of rotatable bonds is 51. The van der Waals surface area contributed by atoms with E-state index in [0.29, 0.717) is 13.0 Å². The van der Waals surface area contributed by atoms with Crippen LogP contribution in [0.4, 0.5) is 0 Å². The van der Waals surface area contributed by atoms with Gasteiger partial charge in [0, 0.05) is 13.0 Å². The quantitative estimate of drug-likeness (QED) is 0.0267. The van der Waals surface area contributed by atoms with Crippen molar-refractivity contribution in [3.8, 4) is 0 Å². The second-order valence-corrected chi connectivity index (χ2v) is 20.1. The van der Waals surface area contributed by atoms with Crippen molar-refractivity contribution >= 4 is 5.97 Å². The van der Waals surface area contributed by atoms with Gasteiger partial charge in [0.1, 0.15) is 30.5 Å². The molecular weight excluding hydrogens is 901 g/mol. The summed E-state index contributed by atoms with van der Waals surface area (Å²) in [6.45, 7) is 4.43. The Morgan fingerprint density at radius 3 is 1.26 bits per heavy atom. The summed E-state index contributed by atoms with van der Waals surface area (Å²) in [5.41, 5.74) is 0. The van der Waals surface area contributed by atoms with Gasteiger partial charge in [-0.25, -0.2) is 0 Å². The van der Waals surface area contributed by atoms with Crippen LogP contribution in [0.25, 0.3) is 0 Å². The Balaban J connectivity index is 2.18. The van der Waals surface area contributed by atoms with Crippen molar-refractivity contribution in [3.05, 3.63) is 85.1 Å². The highest BCUT2D eigenvalue weighted by Crippen LogP contribution is 2.23. The van der Waals surface area contributed by atoms with Crippen molar-refractivity contribution in [2.75, 3.05) is 26.4 Å². The SMILES string of the molecule is CC/C=C\C/C=C\C/C=C\C/C=C\C/C=C\C/C=C\C/C=C\CCCCCC(=O)OC(COCCCCCCCCCCCCCCCCCCCCCCCCCC)COC1OC(CO)C(O)C(O)C1O. The van der Waals surface area contributed by atoms with Crippen LogP contribution in [0.15, 0.2) is 85.1 Å². The molecule has 0 spiro atoms. The molecule has 72 heavy (non-hydrogen) atoms. The van der Waals surface area contributed by atoms with Crippen LogP contribution in [0, 0.1) is 0 Å². The summed E-state index contributed by atoms with van der Waals surface area (Å²) in [5.74, 6) is -0.344. The molecule has 0 amide bonds. The van der Waals surface area contributed by atoms with E-state index in [0.717, 1.165) is 77.0 Å². The molecule has 0 aromatic carbocycles. The molecule has 9 heteroatoms. The molecule has 1 aliphatic rings. The van der Waals surface area contributed by atoms with E-state index in [1.54, 1.807) is 0 Å². The average molecular weight is 1010 g/mol. The summed E-state index contributed by atoms with van der Waals surface area (Å²) < 4.78 is 23.0. The maximum Gasteiger partial charge on any atom is 0.306 e. The number of carbonyl (C=O) groups is 1. The predicted molar refractivity (Wildman–Crippen MR) is 302 cm³/mol. The molecule has 6 unspecified atom stereocenters. The number of unbranched alkanes of at least 4 members (excludes halogenated alkanes) is 26. The third-order valence-corrected chi connectivity index (χ3v) is 13.3. The van der Waals surface area contributed by atoms with Gasteiger partial charge in [-0.15, -0.1) is 0 Å². The third kappa shape index (κ3) is 42.7. The first kappa shape index (κ1) is 67.4. The summed E-state index contributed by atoms with van der Waals surface area (Å²) in [4.78, 5) is 12.9. The van der Waals surface area contributed by atoms with E-state index < -0.39 is 43.4 Å². The van der Waals surface area contributed by atoms with E-state index in [1.807, 2.05) is 0 Å². The summed E-state index contributed by atoms with van der Waals surface area (Å²) >= 11 is 0. The maximum atomic E-state index is 12.9. The largest absolute Gasteiger partial charge is 0.457 e. The van der Waals surface area contributed by atoms with Crippen LogP contribution in [0.3, 0.4) is 0 Å². The number of ether oxygens (including phenoxy) is 4. The molecule has 1 aliphatic heterocycles. The first-order valence-corrected chi connectivity index (χ1v) is 29.7. The zero-order valence-corrected chi connectivity index (χ0v) is 46.2. The minimum atomic E-state index is -1.55. The molecule has 0 saturated carbocycles. The molecule has 0 aliphatic carbocycles. The Hall–Kier alpha value is -2.63. The molecule has 1 fully saturated rings. The minimum Gasteiger partial charge on any atom is -0.457 e. The van der Waals surface area contributed by atoms with Gasteiger partial charge in [-0.1, -0.05) is 253 Å².